The van der Waals surface area contributed by atoms with Crippen LogP contribution in [0.15, 0.2) is 30.3 Å². The van der Waals surface area contributed by atoms with E-state index in [0.717, 1.165) is 5.56 Å². The zero-order valence-corrected chi connectivity index (χ0v) is 9.98. The fraction of sp³-hybridized carbons (Fsp3) is 0.538. The van der Waals surface area contributed by atoms with Crippen LogP contribution in [0, 0.1) is 5.92 Å². The SMILES string of the molecule is N[C@@]1(Cc2ccccc2)[C@H](CO)[C@@H](O)[C@H](O)[C@@H]1O. The molecule has 1 aromatic rings. The molecule has 0 unspecified atom stereocenters. The zero-order chi connectivity index (χ0) is 13.3. The van der Waals surface area contributed by atoms with Crippen LogP contribution in [0.1, 0.15) is 5.56 Å². The van der Waals surface area contributed by atoms with E-state index in [-0.39, 0.29) is 13.0 Å². The second kappa shape index (κ2) is 4.95. The maximum Gasteiger partial charge on any atom is 0.108 e. The lowest BCUT2D eigenvalue weighted by Gasteiger charge is -2.33. The van der Waals surface area contributed by atoms with Crippen molar-refractivity contribution < 1.29 is 20.4 Å². The maximum absolute atomic E-state index is 10.0. The second-order valence-corrected chi connectivity index (χ2v) is 4.99. The fourth-order valence-electron chi connectivity index (χ4n) is 2.74. The molecule has 0 amide bonds. The first-order chi connectivity index (χ1) is 8.50. The van der Waals surface area contributed by atoms with Crippen LogP contribution in [-0.2, 0) is 6.42 Å². The summed E-state index contributed by atoms with van der Waals surface area (Å²) in [5.74, 6) is -0.747. The molecule has 0 aliphatic heterocycles. The lowest BCUT2D eigenvalue weighted by Crippen LogP contribution is -2.56. The smallest absolute Gasteiger partial charge is 0.108 e. The van der Waals surface area contributed by atoms with Gasteiger partial charge in [-0.1, -0.05) is 30.3 Å². The van der Waals surface area contributed by atoms with E-state index in [9.17, 15) is 20.4 Å². The normalized spacial score (nSPS) is 40.1. The number of nitrogens with two attached hydrogens (primary N) is 1. The zero-order valence-electron chi connectivity index (χ0n) is 9.98. The summed E-state index contributed by atoms with van der Waals surface area (Å²) in [4.78, 5) is 0. The molecule has 1 aromatic carbocycles. The van der Waals surface area contributed by atoms with Crippen molar-refractivity contribution in [3.8, 4) is 0 Å². The lowest BCUT2D eigenvalue weighted by atomic mass is 9.81. The van der Waals surface area contributed by atoms with E-state index in [4.69, 9.17) is 5.73 Å². The first kappa shape index (κ1) is 13.5. The number of rotatable bonds is 3. The van der Waals surface area contributed by atoms with Gasteiger partial charge in [0, 0.05) is 5.92 Å². The highest BCUT2D eigenvalue weighted by Crippen LogP contribution is 2.37. The van der Waals surface area contributed by atoms with Gasteiger partial charge in [0.25, 0.3) is 0 Å². The monoisotopic (exact) mass is 253 g/mol. The molecule has 1 aliphatic carbocycles. The van der Waals surface area contributed by atoms with Gasteiger partial charge in [-0.2, -0.15) is 0 Å². The van der Waals surface area contributed by atoms with E-state index < -0.39 is 29.8 Å². The maximum atomic E-state index is 10.0. The van der Waals surface area contributed by atoms with Crippen LogP contribution < -0.4 is 5.73 Å². The summed E-state index contributed by atoms with van der Waals surface area (Å²) in [6.07, 6.45) is -3.51. The summed E-state index contributed by atoms with van der Waals surface area (Å²) in [6, 6.07) is 9.27. The molecule has 1 saturated carbocycles. The highest BCUT2D eigenvalue weighted by atomic mass is 16.4. The molecule has 6 N–H and O–H groups in total. The molecule has 0 saturated heterocycles. The Bertz CT molecular complexity index is 399. The highest BCUT2D eigenvalue weighted by molar-refractivity contribution is 5.23. The Labute approximate surface area is 105 Å². The van der Waals surface area contributed by atoms with Gasteiger partial charge in [-0.15, -0.1) is 0 Å². The van der Waals surface area contributed by atoms with Gasteiger partial charge in [-0.05, 0) is 12.0 Å². The molecular weight excluding hydrogens is 234 g/mol. The van der Waals surface area contributed by atoms with Crippen LogP contribution in [0.25, 0.3) is 0 Å². The van der Waals surface area contributed by atoms with Crippen LogP contribution in [0.3, 0.4) is 0 Å². The number of aliphatic hydroxyl groups excluding tert-OH is 4. The fourth-order valence-corrected chi connectivity index (χ4v) is 2.74. The van der Waals surface area contributed by atoms with Crippen molar-refractivity contribution in [2.24, 2.45) is 11.7 Å². The van der Waals surface area contributed by atoms with Gasteiger partial charge in [0.05, 0.1) is 18.2 Å². The molecule has 5 nitrogen and oxygen atoms in total. The molecule has 5 heteroatoms. The summed E-state index contributed by atoms with van der Waals surface area (Å²) in [5, 5.41) is 38.8. The van der Waals surface area contributed by atoms with Crippen molar-refractivity contribution >= 4 is 0 Å². The number of hydrogen-bond acceptors (Lipinski definition) is 5. The first-order valence-corrected chi connectivity index (χ1v) is 5.98. The predicted molar refractivity (Wildman–Crippen MR) is 65.7 cm³/mol. The first-order valence-electron chi connectivity index (χ1n) is 5.98. The Morgan fingerprint density at radius 3 is 2.22 bits per heavy atom. The minimum atomic E-state index is -1.32. The summed E-state index contributed by atoms with van der Waals surface area (Å²) < 4.78 is 0. The lowest BCUT2D eigenvalue weighted by molar-refractivity contribution is -0.0334. The van der Waals surface area contributed by atoms with Crippen molar-refractivity contribution in [3.05, 3.63) is 35.9 Å². The Balaban J connectivity index is 2.28. The molecule has 1 fully saturated rings. The van der Waals surface area contributed by atoms with Gasteiger partial charge in [-0.3, -0.25) is 0 Å². The van der Waals surface area contributed by atoms with Crippen molar-refractivity contribution in [1.82, 2.24) is 0 Å². The molecule has 100 valence electrons. The number of aliphatic hydroxyl groups is 4. The average Bonchev–Trinajstić information content (AvgIpc) is 2.52. The van der Waals surface area contributed by atoms with E-state index in [1.807, 2.05) is 30.3 Å². The largest absolute Gasteiger partial charge is 0.396 e. The molecule has 0 heterocycles. The van der Waals surface area contributed by atoms with E-state index in [1.165, 1.54) is 0 Å². The molecule has 0 aromatic heterocycles. The van der Waals surface area contributed by atoms with Gasteiger partial charge in [0.2, 0.25) is 0 Å². The van der Waals surface area contributed by atoms with E-state index in [2.05, 4.69) is 0 Å². The third kappa shape index (κ3) is 2.04. The molecule has 2 rings (SSSR count). The van der Waals surface area contributed by atoms with Crippen molar-refractivity contribution in [2.75, 3.05) is 6.61 Å². The third-order valence-electron chi connectivity index (χ3n) is 3.88. The van der Waals surface area contributed by atoms with Gasteiger partial charge in [-0.25, -0.2) is 0 Å². The van der Waals surface area contributed by atoms with E-state index in [0.29, 0.717) is 0 Å². The molecular formula is C13H19NO4. The average molecular weight is 253 g/mol. The van der Waals surface area contributed by atoms with Crippen molar-refractivity contribution in [3.63, 3.8) is 0 Å². The quantitative estimate of drug-likeness (QED) is 0.457. The minimum absolute atomic E-state index is 0.286. The van der Waals surface area contributed by atoms with Crippen molar-refractivity contribution in [2.45, 2.75) is 30.3 Å². The molecule has 5 atom stereocenters. The highest BCUT2D eigenvalue weighted by Gasteiger charge is 2.56. The van der Waals surface area contributed by atoms with Gasteiger partial charge < -0.3 is 26.2 Å². The molecule has 18 heavy (non-hydrogen) atoms. The third-order valence-corrected chi connectivity index (χ3v) is 3.88. The molecule has 0 spiro atoms. The van der Waals surface area contributed by atoms with Crippen LogP contribution in [0.5, 0.6) is 0 Å². The summed E-state index contributed by atoms with van der Waals surface area (Å²) >= 11 is 0. The second-order valence-electron chi connectivity index (χ2n) is 4.99. The molecule has 0 radical (unpaired) electrons. The van der Waals surface area contributed by atoms with Gasteiger partial charge >= 0.3 is 0 Å². The topological polar surface area (TPSA) is 107 Å². The summed E-state index contributed by atoms with van der Waals surface area (Å²) in [6.45, 7) is -0.376. The van der Waals surface area contributed by atoms with E-state index >= 15 is 0 Å². The predicted octanol–water partition coefficient (Wildman–Crippen LogP) is -1.37. The Kier molecular flexibility index (Phi) is 3.70. The van der Waals surface area contributed by atoms with Gasteiger partial charge in [0.1, 0.15) is 12.2 Å². The molecule has 1 aliphatic rings. The Hall–Kier alpha value is -0.980. The van der Waals surface area contributed by atoms with Crippen LogP contribution in [-0.4, -0.2) is 50.9 Å². The minimum Gasteiger partial charge on any atom is -0.396 e. The summed E-state index contributed by atoms with van der Waals surface area (Å²) in [5.41, 5.74) is 5.80. The van der Waals surface area contributed by atoms with Gasteiger partial charge in [0.15, 0.2) is 0 Å². The Morgan fingerprint density at radius 1 is 1.06 bits per heavy atom. The standard InChI is InChI=1S/C13H19NO4/c14-13(6-8-4-2-1-3-5-8)9(7-15)10(16)11(17)12(13)18/h1-5,9-12,15-18H,6-7,14H2/t9-,10-,11+,12+,13+/m1/s1. The number of hydrogen-bond donors (Lipinski definition) is 5. The summed E-state index contributed by atoms with van der Waals surface area (Å²) in [7, 11) is 0. The van der Waals surface area contributed by atoms with Crippen LogP contribution in [0.2, 0.25) is 0 Å². The van der Waals surface area contributed by atoms with Crippen LogP contribution >= 0.6 is 0 Å². The Morgan fingerprint density at radius 2 is 1.67 bits per heavy atom. The number of benzene rings is 1. The van der Waals surface area contributed by atoms with Crippen molar-refractivity contribution in [1.29, 1.82) is 0 Å². The molecule has 0 bridgehead atoms. The van der Waals surface area contributed by atoms with Crippen LogP contribution in [0.4, 0.5) is 0 Å². The van der Waals surface area contributed by atoms with E-state index in [1.54, 1.807) is 0 Å².